The van der Waals surface area contributed by atoms with Gasteiger partial charge in [-0.1, -0.05) is 29.8 Å². The molecule has 1 N–H and O–H groups in total. The summed E-state index contributed by atoms with van der Waals surface area (Å²) in [6, 6.07) is 18.6. The number of phenols is 1. The summed E-state index contributed by atoms with van der Waals surface area (Å²) >= 11 is 9.37. The number of anilines is 2. The van der Waals surface area contributed by atoms with Gasteiger partial charge in [0.15, 0.2) is 17.6 Å². The minimum Gasteiger partial charge on any atom is -0.503 e. The highest BCUT2D eigenvalue weighted by molar-refractivity contribution is 9.10. The largest absolute Gasteiger partial charge is 0.503 e. The van der Waals surface area contributed by atoms with Crippen LogP contribution in [0.5, 0.6) is 11.5 Å². The summed E-state index contributed by atoms with van der Waals surface area (Å²) in [5, 5.41) is 12.5. The Kier molecular flexibility index (Phi) is 5.97. The van der Waals surface area contributed by atoms with E-state index in [2.05, 4.69) is 15.9 Å². The molecular weight excluding hydrogens is 524 g/mol. The maximum Gasteiger partial charge on any atom is 0.266 e. The second-order valence-electron chi connectivity index (χ2n) is 7.93. The summed E-state index contributed by atoms with van der Waals surface area (Å²) in [4.78, 5) is 34.3. The molecular formula is C25H20BrClN2O5. The summed E-state index contributed by atoms with van der Waals surface area (Å²) in [5.74, 6) is -1.39. The van der Waals surface area contributed by atoms with Crippen LogP contribution in [0.15, 0.2) is 71.2 Å². The maximum atomic E-state index is 13.7. The number of aromatic hydroxyl groups is 1. The van der Waals surface area contributed by atoms with E-state index in [1.807, 2.05) is 37.3 Å². The molecule has 3 aromatic carbocycles. The topological polar surface area (TPSA) is 79.3 Å². The van der Waals surface area contributed by atoms with E-state index in [-0.39, 0.29) is 17.4 Å². The number of benzene rings is 3. The predicted octanol–water partition coefficient (Wildman–Crippen LogP) is 5.26. The molecule has 3 atom stereocenters. The van der Waals surface area contributed by atoms with Crippen LogP contribution in [-0.2, 0) is 14.4 Å². The van der Waals surface area contributed by atoms with Crippen molar-refractivity contribution in [2.24, 2.45) is 5.92 Å². The lowest BCUT2D eigenvalue weighted by Crippen LogP contribution is -2.37. The van der Waals surface area contributed by atoms with Crippen LogP contribution in [-0.4, -0.2) is 29.6 Å². The second-order valence-corrected chi connectivity index (χ2v) is 9.22. The molecule has 2 saturated heterocycles. The molecule has 2 heterocycles. The first kappa shape index (κ1) is 22.7. The zero-order valence-corrected chi connectivity index (χ0v) is 20.4. The fourth-order valence-electron chi connectivity index (χ4n) is 4.43. The minimum absolute atomic E-state index is 0.0380. The van der Waals surface area contributed by atoms with Gasteiger partial charge in [-0.15, -0.1) is 0 Å². The normalized spacial score (nSPS) is 21.8. The Labute approximate surface area is 209 Å². The first-order valence-electron chi connectivity index (χ1n) is 10.7. The lowest BCUT2D eigenvalue weighted by atomic mass is 9.90. The van der Waals surface area contributed by atoms with Gasteiger partial charge < -0.3 is 9.84 Å². The van der Waals surface area contributed by atoms with E-state index in [1.165, 1.54) is 0 Å². The smallest absolute Gasteiger partial charge is 0.266 e. The fourth-order valence-corrected chi connectivity index (χ4v) is 5.01. The number of hydrogen-bond donors (Lipinski definition) is 1. The lowest BCUT2D eigenvalue weighted by molar-refractivity contribution is -0.126. The highest BCUT2D eigenvalue weighted by Crippen LogP contribution is 2.49. The second kappa shape index (κ2) is 8.94. The van der Waals surface area contributed by atoms with Crippen molar-refractivity contribution in [3.05, 3.63) is 81.8 Å². The predicted molar refractivity (Wildman–Crippen MR) is 131 cm³/mol. The minimum atomic E-state index is -1.00. The molecule has 2 aliphatic heterocycles. The Morgan fingerprint density at radius 3 is 2.41 bits per heavy atom. The summed E-state index contributed by atoms with van der Waals surface area (Å²) in [7, 11) is 0. The molecule has 0 aromatic heterocycles. The number of hydroxylamine groups is 1. The Hall–Kier alpha value is -3.07. The van der Waals surface area contributed by atoms with Crippen molar-refractivity contribution in [1.29, 1.82) is 0 Å². The molecule has 5 rings (SSSR count). The van der Waals surface area contributed by atoms with Crippen LogP contribution < -0.4 is 14.7 Å². The molecule has 174 valence electrons. The Balaban J connectivity index is 1.62. The third kappa shape index (κ3) is 3.72. The van der Waals surface area contributed by atoms with Gasteiger partial charge in [-0.3, -0.25) is 14.4 Å². The molecule has 0 unspecified atom stereocenters. The van der Waals surface area contributed by atoms with Gasteiger partial charge in [0.05, 0.1) is 28.5 Å². The van der Waals surface area contributed by atoms with Crippen LogP contribution in [0.2, 0.25) is 5.02 Å². The number of nitrogens with zero attached hydrogens (tertiary/aromatic N) is 2. The number of ether oxygens (including phenoxy) is 1. The van der Waals surface area contributed by atoms with Gasteiger partial charge in [0, 0.05) is 5.02 Å². The van der Waals surface area contributed by atoms with Gasteiger partial charge in [0.25, 0.3) is 5.91 Å². The molecule has 0 aliphatic carbocycles. The molecule has 7 nitrogen and oxygen atoms in total. The van der Waals surface area contributed by atoms with Gasteiger partial charge in [0.2, 0.25) is 5.91 Å². The average Bonchev–Trinajstić information content (AvgIpc) is 3.34. The van der Waals surface area contributed by atoms with Crippen molar-refractivity contribution in [1.82, 2.24) is 0 Å². The van der Waals surface area contributed by atoms with Gasteiger partial charge in [-0.05, 0) is 76.9 Å². The van der Waals surface area contributed by atoms with E-state index < -0.39 is 24.0 Å². The zero-order valence-electron chi connectivity index (χ0n) is 18.0. The van der Waals surface area contributed by atoms with Crippen molar-refractivity contribution in [2.45, 2.75) is 19.1 Å². The fraction of sp³-hybridized carbons (Fsp3) is 0.200. The van der Waals surface area contributed by atoms with Crippen LogP contribution in [0, 0.1) is 5.92 Å². The molecule has 0 saturated carbocycles. The summed E-state index contributed by atoms with van der Waals surface area (Å²) in [6.45, 7) is 2.16. The third-order valence-electron chi connectivity index (χ3n) is 5.90. The Morgan fingerprint density at radius 1 is 1.03 bits per heavy atom. The quantitative estimate of drug-likeness (QED) is 0.443. The molecule has 2 fully saturated rings. The van der Waals surface area contributed by atoms with Gasteiger partial charge in [-0.2, -0.15) is 0 Å². The first-order valence-corrected chi connectivity index (χ1v) is 11.9. The van der Waals surface area contributed by atoms with E-state index in [0.29, 0.717) is 33.0 Å². The maximum absolute atomic E-state index is 13.7. The molecule has 0 bridgehead atoms. The highest BCUT2D eigenvalue weighted by Gasteiger charge is 2.60. The van der Waals surface area contributed by atoms with Crippen molar-refractivity contribution in [3.8, 4) is 11.5 Å². The lowest BCUT2D eigenvalue weighted by Gasteiger charge is -2.29. The SMILES string of the molecule is CCOc1cc([C@@H]2[C@@H]3C(=O)N(c4ccc(Cl)cc4)C(=O)[C@@H]3ON2c2ccccc2)cc(Br)c1O. The number of phenolic OH excluding ortho intramolecular Hbond substituents is 1. The molecule has 34 heavy (non-hydrogen) atoms. The van der Waals surface area contributed by atoms with Gasteiger partial charge >= 0.3 is 0 Å². The first-order chi connectivity index (χ1) is 16.4. The third-order valence-corrected chi connectivity index (χ3v) is 6.76. The number of carbonyl (C=O) groups is 2. The zero-order chi connectivity index (χ0) is 24.0. The van der Waals surface area contributed by atoms with E-state index in [4.69, 9.17) is 21.2 Å². The van der Waals surface area contributed by atoms with Crippen molar-refractivity contribution in [3.63, 3.8) is 0 Å². The average molecular weight is 544 g/mol. The van der Waals surface area contributed by atoms with Crippen LogP contribution in [0.4, 0.5) is 11.4 Å². The van der Waals surface area contributed by atoms with E-state index in [9.17, 15) is 14.7 Å². The van der Waals surface area contributed by atoms with Crippen molar-refractivity contribution < 1.29 is 24.3 Å². The molecule has 0 spiro atoms. The number of fused-ring (bicyclic) bond motifs is 1. The number of para-hydroxylation sites is 1. The number of amides is 2. The van der Waals surface area contributed by atoms with Gasteiger partial charge in [0.1, 0.15) is 5.92 Å². The van der Waals surface area contributed by atoms with Crippen LogP contribution in [0.1, 0.15) is 18.5 Å². The molecule has 2 amide bonds. The Bertz CT molecular complexity index is 1250. The number of halogens is 2. The summed E-state index contributed by atoms with van der Waals surface area (Å²) in [6.07, 6.45) is -1.00. The van der Waals surface area contributed by atoms with Gasteiger partial charge in [-0.25, -0.2) is 9.96 Å². The van der Waals surface area contributed by atoms with E-state index >= 15 is 0 Å². The number of imide groups is 1. The molecule has 0 radical (unpaired) electrons. The summed E-state index contributed by atoms with van der Waals surface area (Å²) < 4.78 is 6.02. The molecule has 3 aromatic rings. The molecule has 9 heteroatoms. The number of hydrogen-bond acceptors (Lipinski definition) is 6. The number of rotatable bonds is 5. The monoisotopic (exact) mass is 542 g/mol. The van der Waals surface area contributed by atoms with Crippen LogP contribution in [0.3, 0.4) is 0 Å². The molecule has 2 aliphatic rings. The standard InChI is InChI=1S/C25H20BrClN2O5/c1-2-33-19-13-14(12-18(26)22(19)30)21-20-23(34-29(21)17-6-4-3-5-7-17)25(32)28(24(20)31)16-10-8-15(27)9-11-16/h3-13,20-21,23,30H,2H2,1H3/t20-,21+,23+/m0/s1. The van der Waals surface area contributed by atoms with Crippen molar-refractivity contribution in [2.75, 3.05) is 16.6 Å². The van der Waals surface area contributed by atoms with Crippen LogP contribution >= 0.6 is 27.5 Å². The van der Waals surface area contributed by atoms with E-state index in [1.54, 1.807) is 41.5 Å². The highest BCUT2D eigenvalue weighted by atomic mass is 79.9. The van der Waals surface area contributed by atoms with Crippen LogP contribution in [0.25, 0.3) is 0 Å². The van der Waals surface area contributed by atoms with E-state index in [0.717, 1.165) is 4.90 Å². The number of carbonyl (C=O) groups excluding carboxylic acids is 2. The summed E-state index contributed by atoms with van der Waals surface area (Å²) in [5.41, 5.74) is 1.79. The Morgan fingerprint density at radius 2 is 1.74 bits per heavy atom. The van der Waals surface area contributed by atoms with Crippen molar-refractivity contribution >= 4 is 50.7 Å².